The van der Waals surface area contributed by atoms with Crippen molar-refractivity contribution in [2.24, 2.45) is 0 Å². The number of hydrogen-bond donors (Lipinski definition) is 3. The molecule has 55 heavy (non-hydrogen) atoms. The predicted molar refractivity (Wildman–Crippen MR) is 235 cm³/mol. The lowest BCUT2D eigenvalue weighted by atomic mass is 10.0. The van der Waals surface area contributed by atoms with Gasteiger partial charge in [0.1, 0.15) is 13.2 Å². The van der Waals surface area contributed by atoms with Crippen LogP contribution in [-0.4, -0.2) is 73.4 Å². The molecule has 0 spiro atoms. The molecule has 0 saturated heterocycles. The Morgan fingerprint density at radius 3 is 1.60 bits per heavy atom. The van der Waals surface area contributed by atoms with Crippen molar-refractivity contribution in [2.75, 3.05) is 40.9 Å². The third kappa shape index (κ3) is 40.5. The summed E-state index contributed by atoms with van der Waals surface area (Å²) in [5, 5.41) is 13.9. The van der Waals surface area contributed by atoms with Gasteiger partial charge in [-0.25, -0.2) is 4.57 Å². The molecule has 1 amide bonds. The Kier molecular flexibility index (Phi) is 36.9. The van der Waals surface area contributed by atoms with Crippen molar-refractivity contribution in [3.8, 4) is 0 Å². The van der Waals surface area contributed by atoms with Gasteiger partial charge in [0.25, 0.3) is 0 Å². The minimum atomic E-state index is -4.32. The summed E-state index contributed by atoms with van der Waals surface area (Å²) in [6.07, 6.45) is 47.0. The van der Waals surface area contributed by atoms with Gasteiger partial charge in [0, 0.05) is 6.42 Å². The fourth-order valence-electron chi connectivity index (χ4n) is 6.27. The minimum Gasteiger partial charge on any atom is -0.391 e. The SMILES string of the molecule is CC/C=C\C/C=C\C/C=C\C/C=C\CCCCCCC(=O)NC(COP(=O)(O)OCC[N+](C)(C)C)C(O)CCCCCCCCCCCCCCCCCC. The second-order valence-electron chi connectivity index (χ2n) is 16.4. The largest absolute Gasteiger partial charge is 0.472 e. The van der Waals surface area contributed by atoms with Gasteiger partial charge in [0.2, 0.25) is 5.91 Å². The molecular formula is C46H88N2O6P+. The number of amides is 1. The lowest BCUT2D eigenvalue weighted by Gasteiger charge is -2.26. The molecule has 0 saturated carbocycles. The Morgan fingerprint density at radius 2 is 1.09 bits per heavy atom. The average Bonchev–Trinajstić information content (AvgIpc) is 3.13. The quantitative estimate of drug-likeness (QED) is 0.0247. The zero-order chi connectivity index (χ0) is 40.7. The number of nitrogens with one attached hydrogen (secondary N) is 1. The Hall–Kier alpha value is -1.54. The first-order chi connectivity index (χ1) is 26.5. The first-order valence-electron chi connectivity index (χ1n) is 22.5. The molecule has 0 heterocycles. The van der Waals surface area contributed by atoms with Crippen LogP contribution in [0.1, 0.15) is 187 Å². The summed E-state index contributed by atoms with van der Waals surface area (Å²) in [6.45, 7) is 4.75. The highest BCUT2D eigenvalue weighted by Crippen LogP contribution is 2.43. The van der Waals surface area contributed by atoms with Crippen LogP contribution < -0.4 is 5.32 Å². The van der Waals surface area contributed by atoms with Crippen molar-refractivity contribution < 1.29 is 32.9 Å². The van der Waals surface area contributed by atoms with Crippen molar-refractivity contribution in [2.45, 2.75) is 199 Å². The highest BCUT2D eigenvalue weighted by molar-refractivity contribution is 7.47. The number of nitrogens with zero attached hydrogens (tertiary/aromatic N) is 1. The molecule has 322 valence electrons. The predicted octanol–water partition coefficient (Wildman–Crippen LogP) is 12.5. The summed E-state index contributed by atoms with van der Waals surface area (Å²) in [6, 6.07) is -0.774. The molecule has 0 bridgehead atoms. The van der Waals surface area contributed by atoms with Gasteiger partial charge in [-0.15, -0.1) is 0 Å². The van der Waals surface area contributed by atoms with Gasteiger partial charge in [0.05, 0.1) is 39.9 Å². The summed E-state index contributed by atoms with van der Waals surface area (Å²) in [4.78, 5) is 23.1. The van der Waals surface area contributed by atoms with E-state index >= 15 is 0 Å². The Labute approximate surface area is 339 Å². The Balaban J connectivity index is 4.42. The number of carbonyl (C=O) groups excluding carboxylic acids is 1. The zero-order valence-corrected chi connectivity index (χ0v) is 37.3. The average molecular weight is 796 g/mol. The molecular weight excluding hydrogens is 707 g/mol. The van der Waals surface area contributed by atoms with Crippen LogP contribution in [0.2, 0.25) is 0 Å². The van der Waals surface area contributed by atoms with Crippen LogP contribution in [0.5, 0.6) is 0 Å². The van der Waals surface area contributed by atoms with Crippen LogP contribution in [0.15, 0.2) is 48.6 Å². The van der Waals surface area contributed by atoms with Crippen LogP contribution in [0, 0.1) is 0 Å². The molecule has 0 rings (SSSR count). The number of likely N-dealkylation sites (N-methyl/N-ethyl adjacent to an activating group) is 1. The van der Waals surface area contributed by atoms with Crippen LogP contribution >= 0.6 is 7.82 Å². The maximum absolute atomic E-state index is 12.9. The molecule has 0 aromatic rings. The number of aliphatic hydroxyl groups is 1. The number of hydrogen-bond acceptors (Lipinski definition) is 5. The van der Waals surface area contributed by atoms with Crippen molar-refractivity contribution in [1.29, 1.82) is 0 Å². The van der Waals surface area contributed by atoms with E-state index in [9.17, 15) is 19.4 Å². The number of rotatable bonds is 40. The Bertz CT molecular complexity index is 1040. The standard InChI is InChI=1S/C46H87N2O6P/c1-6-8-10-12-14-16-18-20-22-24-26-28-30-32-34-36-38-40-46(50)47-44(43-54-55(51,52)53-42-41-48(3,4)5)45(49)39-37-35-33-31-29-27-25-23-21-19-17-15-13-11-9-7-2/h8,10,14,16,20,22,26,28,44-45,49H,6-7,9,11-13,15,17-19,21,23-25,27,29-43H2,1-5H3,(H-,47,50,51,52)/p+1/b10-8-,16-14-,22-20-,28-26-. The molecule has 0 fully saturated rings. The topological polar surface area (TPSA) is 105 Å². The van der Waals surface area contributed by atoms with Gasteiger partial charge in [-0.1, -0.05) is 178 Å². The lowest BCUT2D eigenvalue weighted by molar-refractivity contribution is -0.870. The van der Waals surface area contributed by atoms with E-state index in [0.717, 1.165) is 77.0 Å². The van der Waals surface area contributed by atoms with Gasteiger partial charge < -0.3 is 19.8 Å². The normalized spacial score (nSPS) is 14.8. The fraction of sp³-hybridized carbons (Fsp3) is 0.804. The second-order valence-corrected chi connectivity index (χ2v) is 17.9. The molecule has 0 aromatic heterocycles. The van der Waals surface area contributed by atoms with Crippen LogP contribution in [0.4, 0.5) is 0 Å². The summed E-state index contributed by atoms with van der Waals surface area (Å²) < 4.78 is 23.6. The maximum atomic E-state index is 12.9. The molecule has 0 aliphatic rings. The van der Waals surface area contributed by atoms with E-state index in [0.29, 0.717) is 23.9 Å². The maximum Gasteiger partial charge on any atom is 0.472 e. The summed E-state index contributed by atoms with van der Waals surface area (Å²) >= 11 is 0. The molecule has 0 radical (unpaired) electrons. The van der Waals surface area contributed by atoms with E-state index in [2.05, 4.69) is 67.8 Å². The number of phosphoric acid groups is 1. The molecule has 0 aliphatic carbocycles. The number of allylic oxidation sites excluding steroid dienone is 8. The van der Waals surface area contributed by atoms with Crippen LogP contribution in [-0.2, 0) is 18.4 Å². The zero-order valence-electron chi connectivity index (χ0n) is 36.4. The van der Waals surface area contributed by atoms with Gasteiger partial charge in [0.15, 0.2) is 0 Å². The van der Waals surface area contributed by atoms with Crippen LogP contribution in [0.25, 0.3) is 0 Å². The van der Waals surface area contributed by atoms with Crippen LogP contribution in [0.3, 0.4) is 0 Å². The van der Waals surface area contributed by atoms with Gasteiger partial charge >= 0.3 is 7.82 Å². The van der Waals surface area contributed by atoms with Crippen molar-refractivity contribution in [3.05, 3.63) is 48.6 Å². The van der Waals surface area contributed by atoms with Gasteiger partial charge in [-0.3, -0.25) is 13.8 Å². The monoisotopic (exact) mass is 796 g/mol. The molecule has 9 heteroatoms. The first kappa shape index (κ1) is 53.5. The van der Waals surface area contributed by atoms with Gasteiger partial charge in [-0.2, -0.15) is 0 Å². The van der Waals surface area contributed by atoms with Crippen molar-refractivity contribution in [3.63, 3.8) is 0 Å². The summed E-state index contributed by atoms with van der Waals surface area (Å²) in [5.41, 5.74) is 0. The molecule has 8 nitrogen and oxygen atoms in total. The summed E-state index contributed by atoms with van der Waals surface area (Å²) in [5.74, 6) is -0.169. The van der Waals surface area contributed by atoms with E-state index < -0.39 is 20.0 Å². The smallest absolute Gasteiger partial charge is 0.391 e. The van der Waals surface area contributed by atoms with Crippen molar-refractivity contribution in [1.82, 2.24) is 5.32 Å². The van der Waals surface area contributed by atoms with E-state index in [-0.39, 0.29) is 19.1 Å². The Morgan fingerprint density at radius 1 is 0.636 bits per heavy atom. The highest BCUT2D eigenvalue weighted by atomic mass is 31.2. The van der Waals surface area contributed by atoms with E-state index in [1.807, 2.05) is 21.1 Å². The van der Waals surface area contributed by atoms with E-state index in [1.54, 1.807) is 0 Å². The summed E-state index contributed by atoms with van der Waals surface area (Å²) in [7, 11) is 1.59. The second kappa shape index (κ2) is 38.0. The number of unbranched alkanes of at least 4 members (excludes halogenated alkanes) is 19. The molecule has 0 aromatic carbocycles. The minimum absolute atomic E-state index is 0.0678. The molecule has 3 N–H and O–H groups in total. The number of carbonyl (C=O) groups is 1. The fourth-order valence-corrected chi connectivity index (χ4v) is 7.01. The third-order valence-corrected chi connectivity index (χ3v) is 10.8. The van der Waals surface area contributed by atoms with Gasteiger partial charge in [-0.05, 0) is 51.4 Å². The first-order valence-corrected chi connectivity index (χ1v) is 24.0. The molecule has 0 aliphatic heterocycles. The van der Waals surface area contributed by atoms with E-state index in [4.69, 9.17) is 9.05 Å². The highest BCUT2D eigenvalue weighted by Gasteiger charge is 2.28. The number of phosphoric ester groups is 1. The van der Waals surface area contributed by atoms with E-state index in [1.165, 1.54) is 83.5 Å². The number of quaternary nitrogens is 1. The third-order valence-electron chi connectivity index (χ3n) is 9.84. The molecule has 3 atom stereocenters. The molecule has 3 unspecified atom stereocenters. The number of aliphatic hydroxyl groups excluding tert-OH is 1. The lowest BCUT2D eigenvalue weighted by Crippen LogP contribution is -2.46. The van der Waals surface area contributed by atoms with Crippen molar-refractivity contribution >= 4 is 13.7 Å².